The van der Waals surface area contributed by atoms with Crippen LogP contribution in [0.4, 0.5) is 4.39 Å². The van der Waals surface area contributed by atoms with Gasteiger partial charge in [-0.05, 0) is 43.7 Å². The third-order valence-corrected chi connectivity index (χ3v) is 4.23. The predicted molar refractivity (Wildman–Crippen MR) is 75.7 cm³/mol. The topological polar surface area (TPSA) is 12.0 Å². The first-order valence-corrected chi connectivity index (χ1v) is 6.96. The average molecular weight is 284 g/mol. The molecule has 0 fully saturated rings. The van der Waals surface area contributed by atoms with Crippen molar-refractivity contribution in [1.82, 2.24) is 5.32 Å². The minimum absolute atomic E-state index is 0.217. The zero-order valence-corrected chi connectivity index (χ0v) is 12.0. The Balaban J connectivity index is 1.94. The maximum Gasteiger partial charge on any atom is 0.127 e. The number of hydrogen-bond donors (Lipinski definition) is 1. The van der Waals surface area contributed by atoms with Crippen molar-refractivity contribution in [2.24, 2.45) is 0 Å². The van der Waals surface area contributed by atoms with Crippen LogP contribution in [0, 0.1) is 19.7 Å². The highest BCUT2D eigenvalue weighted by atomic mass is 35.5. The van der Waals surface area contributed by atoms with E-state index < -0.39 is 0 Å². The normalized spacial score (nSPS) is 10.9. The number of rotatable bonds is 4. The molecule has 1 nitrogen and oxygen atoms in total. The summed E-state index contributed by atoms with van der Waals surface area (Å²) in [5, 5.41) is 3.80. The number of thiophene rings is 1. The summed E-state index contributed by atoms with van der Waals surface area (Å²) in [6, 6.07) is 6.79. The van der Waals surface area contributed by atoms with Crippen molar-refractivity contribution in [2.45, 2.75) is 26.9 Å². The summed E-state index contributed by atoms with van der Waals surface area (Å²) in [4.78, 5) is 2.60. The number of halogens is 2. The van der Waals surface area contributed by atoms with Crippen LogP contribution >= 0.6 is 22.9 Å². The second-order valence-electron chi connectivity index (χ2n) is 4.29. The smallest absolute Gasteiger partial charge is 0.127 e. The fourth-order valence-electron chi connectivity index (χ4n) is 1.74. The molecule has 1 aromatic heterocycles. The van der Waals surface area contributed by atoms with Crippen LogP contribution < -0.4 is 5.32 Å². The standard InChI is InChI=1S/C14H15ClFNS/c1-9-5-13(18-10(9)2)8-17-7-11-6-12(15)3-4-14(11)16/h3-6,17H,7-8H2,1-2H3. The van der Waals surface area contributed by atoms with Crippen LogP contribution in [0.15, 0.2) is 24.3 Å². The van der Waals surface area contributed by atoms with Gasteiger partial charge < -0.3 is 5.32 Å². The van der Waals surface area contributed by atoms with E-state index in [9.17, 15) is 4.39 Å². The van der Waals surface area contributed by atoms with Crippen molar-refractivity contribution in [1.29, 1.82) is 0 Å². The molecule has 0 aliphatic carbocycles. The number of aryl methyl sites for hydroxylation is 2. The van der Waals surface area contributed by atoms with Crippen LogP contribution in [-0.4, -0.2) is 0 Å². The fraction of sp³-hybridized carbons (Fsp3) is 0.286. The molecule has 0 saturated heterocycles. The van der Waals surface area contributed by atoms with Crippen molar-refractivity contribution < 1.29 is 4.39 Å². The lowest BCUT2D eigenvalue weighted by molar-refractivity contribution is 0.589. The monoisotopic (exact) mass is 283 g/mol. The summed E-state index contributed by atoms with van der Waals surface area (Å²) >= 11 is 7.62. The molecule has 18 heavy (non-hydrogen) atoms. The van der Waals surface area contributed by atoms with Gasteiger partial charge in [0.25, 0.3) is 0 Å². The molecule has 4 heteroatoms. The Morgan fingerprint density at radius 2 is 2.00 bits per heavy atom. The Bertz CT molecular complexity index is 531. The molecule has 0 unspecified atom stereocenters. The SMILES string of the molecule is Cc1cc(CNCc2cc(Cl)ccc2F)sc1C. The molecule has 0 bridgehead atoms. The second kappa shape index (κ2) is 5.83. The van der Waals surface area contributed by atoms with E-state index in [4.69, 9.17) is 11.6 Å². The maximum atomic E-state index is 13.5. The predicted octanol–water partition coefficient (Wildman–Crippen LogP) is 4.45. The van der Waals surface area contributed by atoms with Crippen molar-refractivity contribution in [3.63, 3.8) is 0 Å². The van der Waals surface area contributed by atoms with Gasteiger partial charge >= 0.3 is 0 Å². The molecule has 1 heterocycles. The van der Waals surface area contributed by atoms with E-state index in [0.717, 1.165) is 6.54 Å². The van der Waals surface area contributed by atoms with Crippen LogP contribution in [0.3, 0.4) is 0 Å². The molecule has 0 saturated carbocycles. The number of benzene rings is 1. The summed E-state index contributed by atoms with van der Waals surface area (Å²) < 4.78 is 13.5. The molecule has 1 aromatic carbocycles. The zero-order valence-electron chi connectivity index (χ0n) is 10.4. The summed E-state index contributed by atoms with van der Waals surface area (Å²) in [5.74, 6) is -0.217. The molecule has 0 aliphatic heterocycles. The van der Waals surface area contributed by atoms with Gasteiger partial charge in [0.05, 0.1) is 0 Å². The molecule has 0 amide bonds. The lowest BCUT2D eigenvalue weighted by Crippen LogP contribution is -2.12. The van der Waals surface area contributed by atoms with Crippen LogP contribution in [0.25, 0.3) is 0 Å². The molecule has 2 rings (SSSR count). The highest BCUT2D eigenvalue weighted by molar-refractivity contribution is 7.12. The van der Waals surface area contributed by atoms with Gasteiger partial charge in [0.15, 0.2) is 0 Å². The summed E-state index contributed by atoms with van der Waals surface area (Å²) in [5.41, 5.74) is 1.92. The minimum Gasteiger partial charge on any atom is -0.308 e. The molecule has 1 N–H and O–H groups in total. The molecule has 0 radical (unpaired) electrons. The summed E-state index contributed by atoms with van der Waals surface area (Å²) in [7, 11) is 0. The molecular formula is C14H15ClFNS. The third-order valence-electron chi connectivity index (χ3n) is 2.84. The molecular weight excluding hydrogens is 269 g/mol. The molecule has 96 valence electrons. The Morgan fingerprint density at radius 3 is 2.67 bits per heavy atom. The van der Waals surface area contributed by atoms with Crippen LogP contribution in [-0.2, 0) is 13.1 Å². The lowest BCUT2D eigenvalue weighted by Gasteiger charge is -2.05. The van der Waals surface area contributed by atoms with Crippen molar-refractivity contribution in [3.8, 4) is 0 Å². The van der Waals surface area contributed by atoms with Gasteiger partial charge in [-0.2, -0.15) is 0 Å². The molecule has 0 aliphatic rings. The number of nitrogens with one attached hydrogen (secondary N) is 1. The van der Waals surface area contributed by atoms with E-state index in [1.54, 1.807) is 23.5 Å². The zero-order chi connectivity index (χ0) is 13.1. The van der Waals surface area contributed by atoms with E-state index in [-0.39, 0.29) is 5.82 Å². The Labute approximate surface area is 116 Å². The maximum absolute atomic E-state index is 13.5. The van der Waals surface area contributed by atoms with Crippen LogP contribution in [0.5, 0.6) is 0 Å². The second-order valence-corrected chi connectivity index (χ2v) is 6.07. The first kappa shape index (κ1) is 13.5. The fourth-order valence-corrected chi connectivity index (χ4v) is 2.95. The van der Waals surface area contributed by atoms with E-state index in [1.165, 1.54) is 21.4 Å². The third kappa shape index (κ3) is 3.31. The quantitative estimate of drug-likeness (QED) is 0.874. The highest BCUT2D eigenvalue weighted by Crippen LogP contribution is 2.20. The first-order chi connectivity index (χ1) is 8.56. The Hall–Kier alpha value is -0.900. The average Bonchev–Trinajstić information content (AvgIpc) is 2.63. The minimum atomic E-state index is -0.217. The van der Waals surface area contributed by atoms with Crippen molar-refractivity contribution >= 4 is 22.9 Å². The van der Waals surface area contributed by atoms with Crippen LogP contribution in [0.2, 0.25) is 5.02 Å². The van der Waals surface area contributed by atoms with Gasteiger partial charge in [-0.25, -0.2) is 4.39 Å². The largest absolute Gasteiger partial charge is 0.308 e. The lowest BCUT2D eigenvalue weighted by atomic mass is 10.2. The Kier molecular flexibility index (Phi) is 4.38. The van der Waals surface area contributed by atoms with Gasteiger partial charge in [-0.1, -0.05) is 11.6 Å². The molecule has 0 atom stereocenters. The van der Waals surface area contributed by atoms with E-state index in [1.807, 2.05) is 0 Å². The summed E-state index contributed by atoms with van der Waals surface area (Å²) in [6.45, 7) is 5.46. The van der Waals surface area contributed by atoms with E-state index in [0.29, 0.717) is 17.1 Å². The van der Waals surface area contributed by atoms with Gasteiger partial charge in [-0.3, -0.25) is 0 Å². The first-order valence-electron chi connectivity index (χ1n) is 5.77. The molecule has 2 aromatic rings. The van der Waals surface area contributed by atoms with Gasteiger partial charge in [0, 0.05) is 33.4 Å². The van der Waals surface area contributed by atoms with Gasteiger partial charge in [-0.15, -0.1) is 11.3 Å². The molecule has 0 spiro atoms. The van der Waals surface area contributed by atoms with Crippen molar-refractivity contribution in [3.05, 3.63) is 56.0 Å². The van der Waals surface area contributed by atoms with Crippen molar-refractivity contribution in [2.75, 3.05) is 0 Å². The highest BCUT2D eigenvalue weighted by Gasteiger charge is 2.04. The number of hydrogen-bond acceptors (Lipinski definition) is 2. The van der Waals surface area contributed by atoms with Gasteiger partial charge in [0.2, 0.25) is 0 Å². The van der Waals surface area contributed by atoms with Crippen LogP contribution in [0.1, 0.15) is 20.9 Å². The van der Waals surface area contributed by atoms with E-state index in [2.05, 4.69) is 25.2 Å². The Morgan fingerprint density at radius 1 is 1.22 bits per heavy atom. The van der Waals surface area contributed by atoms with E-state index >= 15 is 0 Å². The van der Waals surface area contributed by atoms with Gasteiger partial charge in [0.1, 0.15) is 5.82 Å². The summed E-state index contributed by atoms with van der Waals surface area (Å²) in [6.07, 6.45) is 0.